The van der Waals surface area contributed by atoms with Crippen molar-refractivity contribution in [3.05, 3.63) is 34.3 Å². The van der Waals surface area contributed by atoms with Crippen molar-refractivity contribution in [3.8, 4) is 0 Å². The first-order chi connectivity index (χ1) is 9.63. The number of hydrogen-bond acceptors (Lipinski definition) is 2. The fourth-order valence-corrected chi connectivity index (χ4v) is 3.93. The number of nitrogens with zero attached hydrogens (tertiary/aromatic N) is 1. The molecule has 0 radical (unpaired) electrons. The highest BCUT2D eigenvalue weighted by molar-refractivity contribution is 9.10. The van der Waals surface area contributed by atoms with Crippen LogP contribution in [0.15, 0.2) is 28.7 Å². The van der Waals surface area contributed by atoms with Crippen molar-refractivity contribution in [2.75, 3.05) is 20.1 Å². The van der Waals surface area contributed by atoms with Gasteiger partial charge in [-0.25, -0.2) is 0 Å². The molecule has 2 rings (SSSR count). The molecular weight excluding hydrogens is 312 g/mol. The summed E-state index contributed by atoms with van der Waals surface area (Å²) in [4.78, 5) is 2.44. The van der Waals surface area contributed by atoms with Gasteiger partial charge in [-0.1, -0.05) is 53.7 Å². The lowest BCUT2D eigenvalue weighted by Gasteiger charge is -2.35. The van der Waals surface area contributed by atoms with Crippen molar-refractivity contribution in [2.45, 2.75) is 45.1 Å². The highest BCUT2D eigenvalue weighted by Gasteiger charge is 2.30. The molecule has 1 aliphatic carbocycles. The van der Waals surface area contributed by atoms with Gasteiger partial charge in [-0.15, -0.1) is 0 Å². The second-order valence-corrected chi connectivity index (χ2v) is 7.34. The van der Waals surface area contributed by atoms with Gasteiger partial charge >= 0.3 is 0 Å². The van der Waals surface area contributed by atoms with Crippen LogP contribution in [0.4, 0.5) is 0 Å². The first-order valence-electron chi connectivity index (χ1n) is 7.77. The van der Waals surface area contributed by atoms with Gasteiger partial charge in [0.25, 0.3) is 0 Å². The summed E-state index contributed by atoms with van der Waals surface area (Å²) in [5.41, 5.74) is 7.85. The lowest BCUT2D eigenvalue weighted by Crippen LogP contribution is -2.40. The highest BCUT2D eigenvalue weighted by Crippen LogP contribution is 2.35. The SMILES string of the molecule is CN(Cc1cccc(Br)c1)CC1(CN)CCCCCC1. The second kappa shape index (κ2) is 7.58. The molecule has 0 heterocycles. The Balaban J connectivity index is 1.96. The van der Waals surface area contributed by atoms with Crippen molar-refractivity contribution < 1.29 is 0 Å². The molecule has 0 spiro atoms. The van der Waals surface area contributed by atoms with E-state index in [2.05, 4.69) is 52.1 Å². The summed E-state index contributed by atoms with van der Waals surface area (Å²) >= 11 is 3.55. The number of hydrogen-bond donors (Lipinski definition) is 1. The Morgan fingerprint density at radius 3 is 2.50 bits per heavy atom. The van der Waals surface area contributed by atoms with Crippen molar-refractivity contribution in [1.82, 2.24) is 4.90 Å². The fraction of sp³-hybridized carbons (Fsp3) is 0.647. The normalized spacial score (nSPS) is 19.0. The summed E-state index contributed by atoms with van der Waals surface area (Å²) in [5, 5.41) is 0. The smallest absolute Gasteiger partial charge is 0.0231 e. The van der Waals surface area contributed by atoms with Crippen molar-refractivity contribution in [3.63, 3.8) is 0 Å². The van der Waals surface area contributed by atoms with E-state index >= 15 is 0 Å². The maximum absolute atomic E-state index is 6.14. The summed E-state index contributed by atoms with van der Waals surface area (Å²) in [6, 6.07) is 8.59. The average Bonchev–Trinajstić information content (AvgIpc) is 2.65. The van der Waals surface area contributed by atoms with E-state index < -0.39 is 0 Å². The molecule has 0 saturated heterocycles. The van der Waals surface area contributed by atoms with E-state index in [1.807, 2.05) is 0 Å². The number of halogens is 1. The van der Waals surface area contributed by atoms with Gasteiger partial charge < -0.3 is 10.6 Å². The topological polar surface area (TPSA) is 29.3 Å². The number of benzene rings is 1. The summed E-state index contributed by atoms with van der Waals surface area (Å²) in [6.07, 6.45) is 8.07. The Kier molecular flexibility index (Phi) is 6.06. The molecule has 0 amide bonds. The molecule has 0 unspecified atom stereocenters. The van der Waals surface area contributed by atoms with Crippen LogP contribution >= 0.6 is 15.9 Å². The maximum atomic E-state index is 6.14. The first-order valence-corrected chi connectivity index (χ1v) is 8.56. The molecule has 0 aliphatic heterocycles. The first kappa shape index (κ1) is 16.0. The van der Waals surface area contributed by atoms with Crippen molar-refractivity contribution >= 4 is 15.9 Å². The van der Waals surface area contributed by atoms with Crippen LogP contribution in [0.2, 0.25) is 0 Å². The van der Waals surface area contributed by atoms with Crippen LogP contribution in [0.3, 0.4) is 0 Å². The van der Waals surface area contributed by atoms with E-state index in [0.29, 0.717) is 5.41 Å². The zero-order chi connectivity index (χ0) is 14.4. The minimum absolute atomic E-state index is 0.345. The highest BCUT2D eigenvalue weighted by atomic mass is 79.9. The van der Waals surface area contributed by atoms with Crippen LogP contribution in [0.5, 0.6) is 0 Å². The molecule has 20 heavy (non-hydrogen) atoms. The molecule has 1 aromatic carbocycles. The predicted molar refractivity (Wildman–Crippen MR) is 89.7 cm³/mol. The van der Waals surface area contributed by atoms with Gasteiger partial charge in [0.1, 0.15) is 0 Å². The zero-order valence-electron chi connectivity index (χ0n) is 12.6. The number of nitrogens with two attached hydrogens (primary N) is 1. The van der Waals surface area contributed by atoms with Gasteiger partial charge in [0.05, 0.1) is 0 Å². The summed E-state index contributed by atoms with van der Waals surface area (Å²) in [7, 11) is 2.23. The molecule has 2 N–H and O–H groups in total. The monoisotopic (exact) mass is 338 g/mol. The molecule has 1 aliphatic rings. The second-order valence-electron chi connectivity index (χ2n) is 6.42. The van der Waals surface area contributed by atoms with Crippen LogP contribution in [0.1, 0.15) is 44.1 Å². The minimum Gasteiger partial charge on any atom is -0.330 e. The Bertz CT molecular complexity index is 411. The largest absolute Gasteiger partial charge is 0.330 e. The van der Waals surface area contributed by atoms with E-state index in [4.69, 9.17) is 5.73 Å². The van der Waals surface area contributed by atoms with Crippen LogP contribution in [-0.4, -0.2) is 25.0 Å². The number of rotatable bonds is 5. The zero-order valence-corrected chi connectivity index (χ0v) is 14.2. The minimum atomic E-state index is 0.345. The van der Waals surface area contributed by atoms with Gasteiger partial charge in [-0.3, -0.25) is 0 Å². The van der Waals surface area contributed by atoms with Crippen molar-refractivity contribution in [1.29, 1.82) is 0 Å². The van der Waals surface area contributed by atoms with Crippen LogP contribution in [0.25, 0.3) is 0 Å². The van der Waals surface area contributed by atoms with Gasteiger partial charge in [0.2, 0.25) is 0 Å². The quantitative estimate of drug-likeness (QED) is 0.816. The fourth-order valence-electron chi connectivity index (χ4n) is 3.48. The molecule has 0 bridgehead atoms. The Hall–Kier alpha value is -0.380. The molecule has 1 aromatic rings. The van der Waals surface area contributed by atoms with Crippen molar-refractivity contribution in [2.24, 2.45) is 11.1 Å². The van der Waals surface area contributed by atoms with Crippen LogP contribution in [0, 0.1) is 5.41 Å². The van der Waals surface area contributed by atoms with E-state index in [1.54, 1.807) is 0 Å². The molecule has 0 aromatic heterocycles. The standard InChI is InChI=1S/C17H27BrN2/c1-20(12-15-7-6-8-16(18)11-15)14-17(13-19)9-4-2-3-5-10-17/h6-8,11H,2-5,9-10,12-14,19H2,1H3. The Morgan fingerprint density at radius 2 is 1.90 bits per heavy atom. The van der Waals surface area contributed by atoms with Crippen LogP contribution < -0.4 is 5.73 Å². The van der Waals surface area contributed by atoms with E-state index in [0.717, 1.165) is 24.1 Å². The van der Waals surface area contributed by atoms with Crippen LogP contribution in [-0.2, 0) is 6.54 Å². The third kappa shape index (κ3) is 4.57. The molecular formula is C17H27BrN2. The summed E-state index contributed by atoms with van der Waals surface area (Å²) in [6.45, 7) is 2.95. The van der Waals surface area contributed by atoms with Gasteiger partial charge in [0, 0.05) is 17.6 Å². The van der Waals surface area contributed by atoms with E-state index in [1.165, 1.54) is 44.1 Å². The molecule has 3 heteroatoms. The van der Waals surface area contributed by atoms with E-state index in [-0.39, 0.29) is 0 Å². The van der Waals surface area contributed by atoms with Gasteiger partial charge in [-0.05, 0) is 49.5 Å². The summed E-state index contributed by atoms with van der Waals surface area (Å²) < 4.78 is 1.16. The Labute approximate surface area is 131 Å². The molecule has 0 atom stereocenters. The van der Waals surface area contributed by atoms with Gasteiger partial charge in [-0.2, -0.15) is 0 Å². The lowest BCUT2D eigenvalue weighted by molar-refractivity contribution is 0.153. The summed E-state index contributed by atoms with van der Waals surface area (Å²) in [5.74, 6) is 0. The third-order valence-electron chi connectivity index (χ3n) is 4.54. The average molecular weight is 339 g/mol. The third-order valence-corrected chi connectivity index (χ3v) is 5.04. The molecule has 1 fully saturated rings. The van der Waals surface area contributed by atoms with Gasteiger partial charge in [0.15, 0.2) is 0 Å². The molecule has 2 nitrogen and oxygen atoms in total. The lowest BCUT2D eigenvalue weighted by atomic mass is 9.80. The van der Waals surface area contributed by atoms with E-state index in [9.17, 15) is 0 Å². The maximum Gasteiger partial charge on any atom is 0.0231 e. The molecule has 1 saturated carbocycles. The molecule has 112 valence electrons. The Morgan fingerprint density at radius 1 is 1.20 bits per heavy atom. The predicted octanol–water partition coefficient (Wildman–Crippen LogP) is 4.18.